The second-order valence-electron chi connectivity index (χ2n) is 4.35. The van der Waals surface area contributed by atoms with Crippen LogP contribution >= 0.6 is 0 Å². The third kappa shape index (κ3) is 1.99. The molecular weight excluding hydrogens is 228 g/mol. The quantitative estimate of drug-likeness (QED) is 0.871. The minimum Gasteiger partial charge on any atom is -0.493 e. The molecule has 1 atom stereocenters. The van der Waals surface area contributed by atoms with Crippen LogP contribution in [0.25, 0.3) is 0 Å². The van der Waals surface area contributed by atoms with Crippen LogP contribution in [-0.2, 0) is 0 Å². The summed E-state index contributed by atoms with van der Waals surface area (Å²) in [5, 5.41) is 9.44. The topological polar surface area (TPSA) is 62.1 Å². The molecule has 1 saturated heterocycles. The second-order valence-corrected chi connectivity index (χ2v) is 4.35. The molecule has 1 fully saturated rings. The highest BCUT2D eigenvalue weighted by Crippen LogP contribution is 2.34. The van der Waals surface area contributed by atoms with Crippen molar-refractivity contribution in [3.63, 3.8) is 0 Å². The van der Waals surface area contributed by atoms with Crippen LogP contribution in [0.5, 0.6) is 5.88 Å². The molecule has 0 aliphatic carbocycles. The van der Waals surface area contributed by atoms with Gasteiger partial charge in [-0.3, -0.25) is 4.98 Å². The Labute approximate surface area is 105 Å². The van der Waals surface area contributed by atoms with E-state index in [0.717, 1.165) is 19.4 Å². The van der Waals surface area contributed by atoms with E-state index in [0.29, 0.717) is 5.95 Å². The molecule has 3 heterocycles. The molecule has 0 bridgehead atoms. The number of aromatic nitrogens is 3. The SMILES string of the molecule is Oc1ccnc(N2CCCC2c2cccnc2)n1. The van der Waals surface area contributed by atoms with Gasteiger partial charge in [0.15, 0.2) is 0 Å². The van der Waals surface area contributed by atoms with E-state index in [-0.39, 0.29) is 11.9 Å². The molecule has 92 valence electrons. The first-order valence-electron chi connectivity index (χ1n) is 6.03. The zero-order valence-corrected chi connectivity index (χ0v) is 9.90. The maximum absolute atomic E-state index is 9.44. The van der Waals surface area contributed by atoms with Crippen LogP contribution in [0.4, 0.5) is 5.95 Å². The Morgan fingerprint density at radius 3 is 3.00 bits per heavy atom. The summed E-state index contributed by atoms with van der Waals surface area (Å²) in [7, 11) is 0. The minimum atomic E-state index is 0.0110. The van der Waals surface area contributed by atoms with E-state index in [4.69, 9.17) is 0 Å². The summed E-state index contributed by atoms with van der Waals surface area (Å²) in [5.74, 6) is 0.596. The molecule has 0 radical (unpaired) electrons. The molecular formula is C13H14N4O. The molecule has 2 aromatic rings. The van der Waals surface area contributed by atoms with E-state index in [1.165, 1.54) is 11.6 Å². The Hall–Kier alpha value is -2.17. The molecule has 18 heavy (non-hydrogen) atoms. The maximum Gasteiger partial charge on any atom is 0.229 e. The van der Waals surface area contributed by atoms with Gasteiger partial charge >= 0.3 is 0 Å². The number of anilines is 1. The lowest BCUT2D eigenvalue weighted by atomic mass is 10.1. The predicted octanol–water partition coefficient (Wildman–Crippen LogP) is 1.92. The average molecular weight is 242 g/mol. The van der Waals surface area contributed by atoms with Crippen LogP contribution in [0.15, 0.2) is 36.8 Å². The zero-order valence-electron chi connectivity index (χ0n) is 9.90. The van der Waals surface area contributed by atoms with Gasteiger partial charge in [0.1, 0.15) is 0 Å². The van der Waals surface area contributed by atoms with Crippen LogP contribution < -0.4 is 4.90 Å². The fourth-order valence-electron chi connectivity index (χ4n) is 2.40. The third-order valence-corrected chi connectivity index (χ3v) is 3.21. The molecule has 5 heteroatoms. The van der Waals surface area contributed by atoms with Crippen LogP contribution in [0, 0.1) is 0 Å². The first kappa shape index (κ1) is 11.0. The van der Waals surface area contributed by atoms with Crippen molar-refractivity contribution in [2.45, 2.75) is 18.9 Å². The number of nitrogens with zero attached hydrogens (tertiary/aromatic N) is 4. The highest BCUT2D eigenvalue weighted by Gasteiger charge is 2.28. The predicted molar refractivity (Wildman–Crippen MR) is 67.3 cm³/mol. The van der Waals surface area contributed by atoms with E-state index >= 15 is 0 Å². The Morgan fingerprint density at radius 2 is 2.22 bits per heavy atom. The largest absolute Gasteiger partial charge is 0.493 e. The van der Waals surface area contributed by atoms with Gasteiger partial charge in [0.05, 0.1) is 6.04 Å². The van der Waals surface area contributed by atoms with Gasteiger partial charge in [0.25, 0.3) is 0 Å². The number of hydrogen-bond acceptors (Lipinski definition) is 5. The Bertz CT molecular complexity index is 532. The standard InChI is InChI=1S/C13H14N4O/c18-12-5-7-15-13(16-12)17-8-2-4-11(17)10-3-1-6-14-9-10/h1,3,5-7,9,11H,2,4,8H2,(H,15,16,18). The van der Waals surface area contributed by atoms with E-state index < -0.39 is 0 Å². The van der Waals surface area contributed by atoms with Gasteiger partial charge in [-0.2, -0.15) is 4.98 Å². The summed E-state index contributed by atoms with van der Waals surface area (Å²) in [6.45, 7) is 0.906. The molecule has 1 aliphatic heterocycles. The molecule has 0 saturated carbocycles. The molecule has 3 rings (SSSR count). The van der Waals surface area contributed by atoms with E-state index in [1.807, 2.05) is 12.3 Å². The normalized spacial score (nSPS) is 19.1. The van der Waals surface area contributed by atoms with Crippen molar-refractivity contribution in [2.24, 2.45) is 0 Å². The van der Waals surface area contributed by atoms with Crippen molar-refractivity contribution in [2.75, 3.05) is 11.4 Å². The van der Waals surface area contributed by atoms with Crippen molar-refractivity contribution in [1.29, 1.82) is 0 Å². The molecule has 0 spiro atoms. The van der Waals surface area contributed by atoms with E-state index in [9.17, 15) is 5.11 Å². The Kier molecular flexibility index (Phi) is 2.80. The van der Waals surface area contributed by atoms with Crippen LogP contribution in [0.2, 0.25) is 0 Å². The average Bonchev–Trinajstić information content (AvgIpc) is 2.89. The molecule has 0 amide bonds. The van der Waals surface area contributed by atoms with Crippen molar-refractivity contribution in [1.82, 2.24) is 15.0 Å². The number of pyridine rings is 1. The molecule has 1 unspecified atom stereocenters. The smallest absolute Gasteiger partial charge is 0.229 e. The van der Waals surface area contributed by atoms with Crippen molar-refractivity contribution < 1.29 is 5.11 Å². The van der Waals surface area contributed by atoms with Gasteiger partial charge in [0.2, 0.25) is 11.8 Å². The molecule has 0 aromatic carbocycles. The van der Waals surface area contributed by atoms with Gasteiger partial charge in [-0.05, 0) is 24.5 Å². The van der Waals surface area contributed by atoms with Gasteiger partial charge in [-0.15, -0.1) is 0 Å². The number of rotatable bonds is 2. The maximum atomic E-state index is 9.44. The summed E-state index contributed by atoms with van der Waals surface area (Å²) >= 11 is 0. The summed E-state index contributed by atoms with van der Waals surface area (Å²) < 4.78 is 0. The Morgan fingerprint density at radius 1 is 1.28 bits per heavy atom. The molecule has 1 aliphatic rings. The first-order chi connectivity index (χ1) is 8.84. The lowest BCUT2D eigenvalue weighted by molar-refractivity contribution is 0.451. The lowest BCUT2D eigenvalue weighted by Gasteiger charge is -2.24. The highest BCUT2D eigenvalue weighted by molar-refractivity contribution is 5.38. The fourth-order valence-corrected chi connectivity index (χ4v) is 2.40. The fraction of sp³-hybridized carbons (Fsp3) is 0.308. The Balaban J connectivity index is 1.92. The number of aromatic hydroxyl groups is 1. The van der Waals surface area contributed by atoms with Crippen molar-refractivity contribution in [3.8, 4) is 5.88 Å². The molecule has 5 nitrogen and oxygen atoms in total. The highest BCUT2D eigenvalue weighted by atomic mass is 16.3. The monoisotopic (exact) mass is 242 g/mol. The van der Waals surface area contributed by atoms with Crippen LogP contribution in [0.3, 0.4) is 0 Å². The third-order valence-electron chi connectivity index (χ3n) is 3.21. The van der Waals surface area contributed by atoms with Crippen LogP contribution in [-0.4, -0.2) is 26.6 Å². The number of hydrogen-bond donors (Lipinski definition) is 1. The van der Waals surface area contributed by atoms with Crippen molar-refractivity contribution >= 4 is 5.95 Å². The van der Waals surface area contributed by atoms with E-state index in [2.05, 4.69) is 25.9 Å². The molecule has 1 N–H and O–H groups in total. The van der Waals surface area contributed by atoms with Gasteiger partial charge < -0.3 is 10.0 Å². The summed E-state index contributed by atoms with van der Waals surface area (Å²) in [6.07, 6.45) is 7.39. The van der Waals surface area contributed by atoms with Crippen LogP contribution in [0.1, 0.15) is 24.4 Å². The summed E-state index contributed by atoms with van der Waals surface area (Å²) in [4.78, 5) is 14.6. The summed E-state index contributed by atoms with van der Waals surface area (Å²) in [6, 6.07) is 5.74. The van der Waals surface area contributed by atoms with Crippen molar-refractivity contribution in [3.05, 3.63) is 42.4 Å². The minimum absolute atomic E-state index is 0.0110. The lowest BCUT2D eigenvalue weighted by Crippen LogP contribution is -2.24. The summed E-state index contributed by atoms with van der Waals surface area (Å²) in [5.41, 5.74) is 1.17. The second kappa shape index (κ2) is 4.60. The molecule has 2 aromatic heterocycles. The van der Waals surface area contributed by atoms with E-state index in [1.54, 1.807) is 12.4 Å². The van der Waals surface area contributed by atoms with Gasteiger partial charge in [-0.25, -0.2) is 4.98 Å². The zero-order chi connectivity index (χ0) is 12.4. The van der Waals surface area contributed by atoms with Gasteiger partial charge in [0, 0.05) is 31.2 Å². The first-order valence-corrected chi connectivity index (χ1v) is 6.03. The van der Waals surface area contributed by atoms with Gasteiger partial charge in [-0.1, -0.05) is 6.07 Å².